The lowest BCUT2D eigenvalue weighted by molar-refractivity contribution is 0.0698. The van der Waals surface area contributed by atoms with Crippen LogP contribution in [0.5, 0.6) is 0 Å². The maximum Gasteiger partial charge on any atom is 0.191 e. The Bertz CT molecular complexity index is 589. The predicted octanol–water partition coefficient (Wildman–Crippen LogP) is 2.04. The lowest BCUT2D eigenvalue weighted by Gasteiger charge is -2.42. The van der Waals surface area contributed by atoms with Crippen molar-refractivity contribution in [2.45, 2.75) is 38.8 Å². The summed E-state index contributed by atoms with van der Waals surface area (Å²) in [6, 6.07) is 8.78. The van der Waals surface area contributed by atoms with E-state index in [0.717, 1.165) is 51.6 Å². The van der Waals surface area contributed by atoms with E-state index in [1.165, 1.54) is 11.1 Å². The van der Waals surface area contributed by atoms with Crippen LogP contribution < -0.4 is 10.6 Å². The Labute approximate surface area is 164 Å². The smallest absolute Gasteiger partial charge is 0.191 e. The molecule has 0 saturated heterocycles. The number of guanidine groups is 1. The van der Waals surface area contributed by atoms with Crippen LogP contribution in [0.1, 0.15) is 31.4 Å². The summed E-state index contributed by atoms with van der Waals surface area (Å²) in [5, 5.41) is 6.84. The van der Waals surface area contributed by atoms with Gasteiger partial charge in [0.25, 0.3) is 0 Å². The molecular weight excluding hydrogens is 340 g/mol. The second-order valence-corrected chi connectivity index (χ2v) is 7.56. The number of nitrogens with zero attached hydrogens (tertiary/aromatic N) is 2. The second kappa shape index (κ2) is 11.3. The average molecular weight is 377 g/mol. The monoisotopic (exact) mass is 376 g/mol. The van der Waals surface area contributed by atoms with Crippen LogP contribution in [0, 0.1) is 0 Å². The van der Waals surface area contributed by atoms with E-state index in [2.05, 4.69) is 58.6 Å². The molecule has 0 bridgehead atoms. The molecule has 0 aromatic heterocycles. The Balaban J connectivity index is 1.71. The Morgan fingerprint density at radius 1 is 1.15 bits per heavy atom. The predicted molar refractivity (Wildman–Crippen MR) is 111 cm³/mol. The van der Waals surface area contributed by atoms with Crippen LogP contribution in [-0.4, -0.2) is 70.0 Å². The zero-order valence-corrected chi connectivity index (χ0v) is 17.4. The van der Waals surface area contributed by atoms with Crippen molar-refractivity contribution in [2.75, 3.05) is 53.6 Å². The van der Waals surface area contributed by atoms with Crippen LogP contribution in [0.3, 0.4) is 0 Å². The molecule has 0 unspecified atom stereocenters. The fourth-order valence-corrected chi connectivity index (χ4v) is 3.27. The molecule has 0 amide bonds. The van der Waals surface area contributed by atoms with Gasteiger partial charge in [0, 0.05) is 52.5 Å². The highest BCUT2D eigenvalue weighted by atomic mass is 16.5. The van der Waals surface area contributed by atoms with Crippen LogP contribution in [0.2, 0.25) is 0 Å². The van der Waals surface area contributed by atoms with E-state index in [9.17, 15) is 0 Å². The maximum atomic E-state index is 5.48. The highest BCUT2D eigenvalue weighted by molar-refractivity contribution is 5.79. The number of rotatable bonds is 10. The highest BCUT2D eigenvalue weighted by Gasteiger charge is 2.29. The van der Waals surface area contributed by atoms with Gasteiger partial charge in [0.15, 0.2) is 5.96 Å². The summed E-state index contributed by atoms with van der Waals surface area (Å²) < 4.78 is 10.4. The van der Waals surface area contributed by atoms with E-state index >= 15 is 0 Å². The van der Waals surface area contributed by atoms with E-state index in [4.69, 9.17) is 9.47 Å². The first-order valence-corrected chi connectivity index (χ1v) is 9.90. The van der Waals surface area contributed by atoms with Crippen molar-refractivity contribution in [3.63, 3.8) is 0 Å². The van der Waals surface area contributed by atoms with Gasteiger partial charge in [0.2, 0.25) is 0 Å². The Kier molecular flexibility index (Phi) is 9.04. The molecular formula is C21H36N4O2. The van der Waals surface area contributed by atoms with Crippen molar-refractivity contribution in [3.05, 3.63) is 35.4 Å². The number of hydrogen-bond donors (Lipinski definition) is 2. The van der Waals surface area contributed by atoms with Gasteiger partial charge in [-0.05, 0) is 37.8 Å². The molecule has 2 rings (SSSR count). The molecule has 0 fully saturated rings. The highest BCUT2D eigenvalue weighted by Crippen LogP contribution is 2.24. The number of hydrogen-bond acceptors (Lipinski definition) is 4. The first-order chi connectivity index (χ1) is 13.1. The summed E-state index contributed by atoms with van der Waals surface area (Å²) in [5.74, 6) is 0.845. The van der Waals surface area contributed by atoms with Gasteiger partial charge in [0.1, 0.15) is 0 Å². The SMILES string of the molecule is CN=C(NCCCOCCOC)NCC(C)(C)N1CCc2ccccc2C1. The molecule has 152 valence electrons. The third-order valence-corrected chi connectivity index (χ3v) is 5.09. The lowest BCUT2D eigenvalue weighted by atomic mass is 9.94. The summed E-state index contributed by atoms with van der Waals surface area (Å²) in [6.45, 7) is 10.4. The molecule has 1 aromatic rings. The number of nitrogens with one attached hydrogen (secondary N) is 2. The molecule has 1 aromatic carbocycles. The van der Waals surface area contributed by atoms with Crippen LogP contribution in [-0.2, 0) is 22.4 Å². The van der Waals surface area contributed by atoms with E-state index in [0.29, 0.717) is 13.2 Å². The molecule has 27 heavy (non-hydrogen) atoms. The van der Waals surface area contributed by atoms with Crippen molar-refractivity contribution in [2.24, 2.45) is 4.99 Å². The minimum Gasteiger partial charge on any atom is -0.382 e. The van der Waals surface area contributed by atoms with Gasteiger partial charge < -0.3 is 20.1 Å². The molecule has 0 spiro atoms. The summed E-state index contributed by atoms with van der Waals surface area (Å²) >= 11 is 0. The van der Waals surface area contributed by atoms with Crippen LogP contribution in [0.15, 0.2) is 29.3 Å². The third-order valence-electron chi connectivity index (χ3n) is 5.09. The molecule has 1 heterocycles. The lowest BCUT2D eigenvalue weighted by Crippen LogP contribution is -2.54. The summed E-state index contributed by atoms with van der Waals surface area (Å²) in [4.78, 5) is 6.89. The molecule has 0 saturated carbocycles. The van der Waals surface area contributed by atoms with Crippen LogP contribution >= 0.6 is 0 Å². The number of methoxy groups -OCH3 is 1. The number of aliphatic imine (C=N–C) groups is 1. The molecule has 1 aliphatic rings. The van der Waals surface area contributed by atoms with Gasteiger partial charge in [-0.3, -0.25) is 9.89 Å². The van der Waals surface area contributed by atoms with E-state index in [1.807, 2.05) is 7.05 Å². The number of ether oxygens (including phenoxy) is 2. The Morgan fingerprint density at radius 2 is 1.93 bits per heavy atom. The summed E-state index contributed by atoms with van der Waals surface area (Å²) in [7, 11) is 3.50. The zero-order valence-electron chi connectivity index (χ0n) is 17.4. The average Bonchev–Trinajstić information content (AvgIpc) is 2.69. The normalized spacial score (nSPS) is 15.5. The maximum absolute atomic E-state index is 5.48. The van der Waals surface area contributed by atoms with Crippen molar-refractivity contribution < 1.29 is 9.47 Å². The second-order valence-electron chi connectivity index (χ2n) is 7.56. The molecule has 0 atom stereocenters. The topological polar surface area (TPSA) is 58.1 Å². The molecule has 6 heteroatoms. The van der Waals surface area contributed by atoms with E-state index in [-0.39, 0.29) is 5.54 Å². The van der Waals surface area contributed by atoms with Crippen molar-refractivity contribution in [3.8, 4) is 0 Å². The van der Waals surface area contributed by atoms with Crippen molar-refractivity contribution in [1.29, 1.82) is 0 Å². The van der Waals surface area contributed by atoms with Crippen LogP contribution in [0.25, 0.3) is 0 Å². The first kappa shape index (κ1) is 21.7. The standard InChI is InChI=1S/C21H36N4O2/c1-21(2,25-12-10-18-8-5-6-9-19(18)16-25)17-24-20(22-3)23-11-7-13-27-15-14-26-4/h5-6,8-9H,7,10-17H2,1-4H3,(H2,22,23,24). The molecule has 0 aliphatic carbocycles. The van der Waals surface area contributed by atoms with Gasteiger partial charge in [-0.15, -0.1) is 0 Å². The molecule has 2 N–H and O–H groups in total. The fourth-order valence-electron chi connectivity index (χ4n) is 3.27. The first-order valence-electron chi connectivity index (χ1n) is 9.90. The summed E-state index contributed by atoms with van der Waals surface area (Å²) in [6.07, 6.45) is 2.06. The molecule has 1 aliphatic heterocycles. The van der Waals surface area contributed by atoms with Gasteiger partial charge in [-0.25, -0.2) is 0 Å². The van der Waals surface area contributed by atoms with E-state index < -0.39 is 0 Å². The van der Waals surface area contributed by atoms with E-state index in [1.54, 1.807) is 7.11 Å². The molecule has 0 radical (unpaired) electrons. The van der Waals surface area contributed by atoms with Gasteiger partial charge in [0.05, 0.1) is 13.2 Å². The Hall–Kier alpha value is -1.63. The minimum absolute atomic E-state index is 0.0500. The number of fused-ring (bicyclic) bond motifs is 1. The minimum atomic E-state index is 0.0500. The number of benzene rings is 1. The van der Waals surface area contributed by atoms with Crippen molar-refractivity contribution in [1.82, 2.24) is 15.5 Å². The van der Waals surface area contributed by atoms with Crippen molar-refractivity contribution >= 4 is 5.96 Å². The fraction of sp³-hybridized carbons (Fsp3) is 0.667. The molecule has 6 nitrogen and oxygen atoms in total. The van der Waals surface area contributed by atoms with Gasteiger partial charge in [-0.2, -0.15) is 0 Å². The summed E-state index contributed by atoms with van der Waals surface area (Å²) in [5.41, 5.74) is 2.99. The third kappa shape index (κ3) is 7.13. The largest absolute Gasteiger partial charge is 0.382 e. The van der Waals surface area contributed by atoms with Crippen LogP contribution in [0.4, 0.5) is 0 Å². The zero-order chi connectivity index (χ0) is 19.5. The van der Waals surface area contributed by atoms with Gasteiger partial charge in [-0.1, -0.05) is 24.3 Å². The van der Waals surface area contributed by atoms with Gasteiger partial charge >= 0.3 is 0 Å². The Morgan fingerprint density at radius 3 is 2.67 bits per heavy atom. The quantitative estimate of drug-likeness (QED) is 0.372.